The van der Waals surface area contributed by atoms with Gasteiger partial charge in [0, 0.05) is 54.4 Å². The van der Waals surface area contributed by atoms with Gasteiger partial charge in [0.05, 0.1) is 25.4 Å². The van der Waals surface area contributed by atoms with E-state index in [4.69, 9.17) is 18.5 Å². The molecule has 2 saturated heterocycles. The van der Waals surface area contributed by atoms with Gasteiger partial charge in [0.25, 0.3) is 5.56 Å². The summed E-state index contributed by atoms with van der Waals surface area (Å²) >= 11 is 6.79. The van der Waals surface area contributed by atoms with Gasteiger partial charge in [0.15, 0.2) is 0 Å². The molecule has 2 aliphatic heterocycles. The first-order valence-electron chi connectivity index (χ1n) is 12.3. The molecule has 0 aromatic carbocycles. The third kappa shape index (κ3) is 8.79. The Morgan fingerprint density at radius 3 is 2.57 bits per heavy atom. The molecule has 2 aliphatic rings. The Hall–Kier alpha value is -0.410. The first kappa shape index (κ1) is 31.1. The van der Waals surface area contributed by atoms with Gasteiger partial charge in [0.1, 0.15) is 18.6 Å². The van der Waals surface area contributed by atoms with Crippen molar-refractivity contribution in [1.29, 1.82) is 0 Å². The van der Waals surface area contributed by atoms with E-state index >= 15 is 0 Å². The molecular formula is C22H37Br2N4O8P. The molecule has 0 aliphatic carbocycles. The van der Waals surface area contributed by atoms with Crippen molar-refractivity contribution in [3.8, 4) is 0 Å². The number of hydrogen-bond acceptors (Lipinski definition) is 9. The maximum absolute atomic E-state index is 14.0. The monoisotopic (exact) mass is 674 g/mol. The molecule has 212 valence electrons. The predicted octanol–water partition coefficient (Wildman–Crippen LogP) is 2.31. The first-order valence-corrected chi connectivity index (χ1v) is 16.0. The second kappa shape index (κ2) is 13.8. The molecule has 2 fully saturated rings. The van der Waals surface area contributed by atoms with E-state index in [-0.39, 0.29) is 37.5 Å². The lowest BCUT2D eigenvalue weighted by molar-refractivity contribution is -0.0943. The number of aromatic amines is 1. The second-order valence-electron chi connectivity index (χ2n) is 9.84. The summed E-state index contributed by atoms with van der Waals surface area (Å²) < 4.78 is 40.4. The molecule has 6 atom stereocenters. The standard InChI is InChI=1S/C22H37Br2N4O8P/c1-15-13-22(2,3)26-19(35-15)5-11-33-37(32,27(9-6-23)10-7-24)34-14-17-16(29)12-20(36-17)28-8-4-18(30)25-21(28)31/h4,8,15-17,19-20,26,29H,5-7,9-14H2,1-3H3,(H,25,30,31). The largest absolute Gasteiger partial charge is 0.408 e. The van der Waals surface area contributed by atoms with E-state index < -0.39 is 37.4 Å². The number of ether oxygens (including phenoxy) is 2. The summed E-state index contributed by atoms with van der Waals surface area (Å²) in [4.78, 5) is 25.6. The lowest BCUT2D eigenvalue weighted by Crippen LogP contribution is -2.55. The highest BCUT2D eigenvalue weighted by Crippen LogP contribution is 2.52. The molecule has 0 amide bonds. The summed E-state index contributed by atoms with van der Waals surface area (Å²) in [6, 6.07) is 1.20. The maximum Gasteiger partial charge on any atom is 0.408 e. The number of aliphatic hydroxyl groups excluding tert-OH is 1. The van der Waals surface area contributed by atoms with Gasteiger partial charge in [-0.05, 0) is 27.2 Å². The Balaban J connectivity index is 1.65. The average molecular weight is 676 g/mol. The van der Waals surface area contributed by atoms with Crippen molar-refractivity contribution >= 4 is 39.6 Å². The topological polar surface area (TPSA) is 144 Å². The van der Waals surface area contributed by atoms with E-state index in [1.54, 1.807) is 4.67 Å². The number of hydrogen-bond donors (Lipinski definition) is 3. The molecule has 0 radical (unpaired) electrons. The van der Waals surface area contributed by atoms with Crippen LogP contribution >= 0.6 is 39.6 Å². The minimum Gasteiger partial charge on any atom is -0.390 e. The zero-order valence-corrected chi connectivity index (χ0v) is 25.4. The van der Waals surface area contributed by atoms with Gasteiger partial charge >= 0.3 is 13.4 Å². The smallest absolute Gasteiger partial charge is 0.390 e. The lowest BCUT2D eigenvalue weighted by atomic mass is 9.95. The van der Waals surface area contributed by atoms with Crippen molar-refractivity contribution in [2.45, 2.75) is 76.3 Å². The van der Waals surface area contributed by atoms with Crippen LogP contribution in [0.25, 0.3) is 0 Å². The first-order chi connectivity index (χ1) is 17.5. The van der Waals surface area contributed by atoms with Crippen LogP contribution in [0.3, 0.4) is 0 Å². The lowest BCUT2D eigenvalue weighted by Gasteiger charge is -2.41. The van der Waals surface area contributed by atoms with Crippen molar-refractivity contribution in [3.63, 3.8) is 0 Å². The number of H-pyrrole nitrogens is 1. The third-order valence-electron chi connectivity index (χ3n) is 6.18. The Kier molecular flexibility index (Phi) is 11.6. The van der Waals surface area contributed by atoms with E-state index in [0.29, 0.717) is 30.2 Å². The van der Waals surface area contributed by atoms with Crippen LogP contribution in [0.1, 0.15) is 46.3 Å². The van der Waals surface area contributed by atoms with Crippen LogP contribution in [0.2, 0.25) is 0 Å². The number of aliphatic hydroxyl groups is 1. The number of aromatic nitrogens is 2. The quantitative estimate of drug-likeness (QED) is 0.211. The Morgan fingerprint density at radius 1 is 1.24 bits per heavy atom. The number of rotatable bonds is 13. The molecule has 15 heteroatoms. The van der Waals surface area contributed by atoms with Gasteiger partial charge in [-0.15, -0.1) is 0 Å². The molecule has 3 N–H and O–H groups in total. The molecule has 3 heterocycles. The number of halogens is 2. The summed E-state index contributed by atoms with van der Waals surface area (Å²) in [6.07, 6.45) is -0.000315. The van der Waals surface area contributed by atoms with E-state index in [1.807, 2.05) is 6.92 Å². The zero-order valence-electron chi connectivity index (χ0n) is 21.3. The molecule has 6 unspecified atom stereocenters. The van der Waals surface area contributed by atoms with Gasteiger partial charge in [-0.25, -0.2) is 14.0 Å². The summed E-state index contributed by atoms with van der Waals surface area (Å²) in [6.45, 7) is 6.99. The maximum atomic E-state index is 14.0. The molecule has 37 heavy (non-hydrogen) atoms. The molecule has 12 nitrogen and oxygen atoms in total. The van der Waals surface area contributed by atoms with Gasteiger partial charge in [0.2, 0.25) is 0 Å². The van der Waals surface area contributed by atoms with Crippen molar-refractivity contribution < 1.29 is 28.2 Å². The molecule has 1 aromatic heterocycles. The minimum atomic E-state index is -3.78. The van der Waals surface area contributed by atoms with Gasteiger partial charge in [-0.1, -0.05) is 31.9 Å². The summed E-state index contributed by atoms with van der Waals surface area (Å²) in [5, 5.41) is 15.1. The zero-order chi connectivity index (χ0) is 27.2. The second-order valence-corrected chi connectivity index (χ2v) is 13.4. The minimum absolute atomic E-state index is 0.0826. The molecule has 0 bridgehead atoms. The highest BCUT2D eigenvalue weighted by molar-refractivity contribution is 9.09. The van der Waals surface area contributed by atoms with Gasteiger partial charge in [-0.2, -0.15) is 0 Å². The normalized spacial score (nSPS) is 29.4. The molecule has 1 aromatic rings. The fourth-order valence-electron chi connectivity index (χ4n) is 4.60. The Bertz CT molecular complexity index is 1030. The highest BCUT2D eigenvalue weighted by atomic mass is 79.9. The Morgan fingerprint density at radius 2 is 1.95 bits per heavy atom. The van der Waals surface area contributed by atoms with Crippen LogP contribution in [0.5, 0.6) is 0 Å². The van der Waals surface area contributed by atoms with Crippen molar-refractivity contribution in [2.75, 3.05) is 37.0 Å². The van der Waals surface area contributed by atoms with Crippen LogP contribution in [-0.2, 0) is 23.1 Å². The van der Waals surface area contributed by atoms with Gasteiger partial charge in [-0.3, -0.25) is 28.7 Å². The number of nitrogens with zero attached hydrogens (tertiary/aromatic N) is 2. The summed E-state index contributed by atoms with van der Waals surface area (Å²) in [5.74, 6) is 0. The van der Waals surface area contributed by atoms with Crippen molar-refractivity contribution in [2.24, 2.45) is 0 Å². The number of alkyl halides is 2. The molecule has 0 spiro atoms. The highest BCUT2D eigenvalue weighted by Gasteiger charge is 2.40. The van der Waals surface area contributed by atoms with Crippen molar-refractivity contribution in [3.05, 3.63) is 33.1 Å². The summed E-state index contributed by atoms with van der Waals surface area (Å²) in [5.41, 5.74) is -1.25. The van der Waals surface area contributed by atoms with E-state index in [1.165, 1.54) is 16.8 Å². The van der Waals surface area contributed by atoms with Gasteiger partial charge < -0.3 is 14.6 Å². The van der Waals surface area contributed by atoms with E-state index in [2.05, 4.69) is 56.0 Å². The molecule has 3 rings (SSSR count). The number of nitrogens with one attached hydrogen (secondary N) is 2. The van der Waals surface area contributed by atoms with E-state index in [0.717, 1.165) is 6.42 Å². The molecular weight excluding hydrogens is 639 g/mol. The predicted molar refractivity (Wildman–Crippen MR) is 145 cm³/mol. The van der Waals surface area contributed by atoms with Crippen molar-refractivity contribution in [1.82, 2.24) is 19.5 Å². The van der Waals surface area contributed by atoms with Crippen LogP contribution in [0.15, 0.2) is 21.9 Å². The third-order valence-corrected chi connectivity index (χ3v) is 8.97. The van der Waals surface area contributed by atoms with E-state index in [9.17, 15) is 19.3 Å². The van der Waals surface area contributed by atoms with Crippen LogP contribution in [0, 0.1) is 0 Å². The SMILES string of the molecule is CC1CC(C)(C)NC(CCOP(=O)(OCC2OC(n3ccc(=O)[nH]c3=O)CC2O)N(CCBr)CCBr)O1. The average Bonchev–Trinajstić information content (AvgIpc) is 3.16. The summed E-state index contributed by atoms with van der Waals surface area (Å²) in [7, 11) is -3.78. The van der Waals surface area contributed by atoms with Crippen LogP contribution in [0.4, 0.5) is 0 Å². The fourth-order valence-corrected chi connectivity index (χ4v) is 7.77. The fraction of sp³-hybridized carbons (Fsp3) is 0.818. The Labute approximate surface area is 233 Å². The molecule has 0 saturated carbocycles. The van der Waals surface area contributed by atoms with Crippen LogP contribution < -0.4 is 16.6 Å². The van der Waals surface area contributed by atoms with Crippen LogP contribution in [-0.4, -0.2) is 86.4 Å².